The second-order valence-corrected chi connectivity index (χ2v) is 12.1. The van der Waals surface area contributed by atoms with Crippen LogP contribution in [0.1, 0.15) is 12.5 Å². The Morgan fingerprint density at radius 3 is 2.66 bits per heavy atom. The van der Waals surface area contributed by atoms with Crippen LogP contribution in [0.4, 0.5) is 10.2 Å². The van der Waals surface area contributed by atoms with Gasteiger partial charge in [-0.25, -0.2) is 24.3 Å². The van der Waals surface area contributed by atoms with Gasteiger partial charge in [-0.2, -0.15) is 0 Å². The minimum absolute atomic E-state index is 0.0798. The van der Waals surface area contributed by atoms with E-state index in [2.05, 4.69) is 19.9 Å². The summed E-state index contributed by atoms with van der Waals surface area (Å²) in [6.45, 7) is -5.40. The molecule has 2 saturated heterocycles. The summed E-state index contributed by atoms with van der Waals surface area (Å²) >= 11 is 5.14. The fraction of sp³-hybridized carbons (Fsp3) is 0.476. The van der Waals surface area contributed by atoms with Crippen LogP contribution in [0, 0.1) is 0 Å². The second kappa shape index (κ2) is 10.7. The molecule has 20 heteroatoms. The highest BCUT2D eigenvalue weighted by molar-refractivity contribution is 8.07. The van der Waals surface area contributed by atoms with Crippen molar-refractivity contribution in [3.63, 3.8) is 0 Å². The van der Waals surface area contributed by atoms with Crippen LogP contribution in [0.2, 0.25) is 0 Å². The van der Waals surface area contributed by atoms with Crippen LogP contribution in [0.3, 0.4) is 0 Å². The minimum atomic E-state index is -4.21. The molecule has 4 aromatic heterocycles. The first-order chi connectivity index (χ1) is 19.6. The van der Waals surface area contributed by atoms with Crippen LogP contribution in [0.15, 0.2) is 42.1 Å². The van der Waals surface area contributed by atoms with E-state index in [0.29, 0.717) is 0 Å². The van der Waals surface area contributed by atoms with Crippen molar-refractivity contribution in [3.8, 4) is 0 Å². The summed E-state index contributed by atoms with van der Waals surface area (Å²) < 4.78 is 41.3. The molecule has 6 rings (SSSR count). The van der Waals surface area contributed by atoms with Crippen LogP contribution in [0.25, 0.3) is 16.9 Å². The number of hydrogen-bond donors (Lipinski definition) is 5. The summed E-state index contributed by atoms with van der Waals surface area (Å²) in [5.41, 5.74) is 5.81. The molecule has 1 unspecified atom stereocenters. The molecule has 41 heavy (non-hydrogen) atoms. The monoisotopic (exact) mass is 614 g/mol. The van der Waals surface area contributed by atoms with Gasteiger partial charge in [0.2, 0.25) is 5.78 Å². The first-order valence-corrected chi connectivity index (χ1v) is 14.7. The summed E-state index contributed by atoms with van der Waals surface area (Å²) in [5, 5.41) is 31.0. The molecule has 2 aliphatic rings. The van der Waals surface area contributed by atoms with Gasteiger partial charge in [0, 0.05) is 24.7 Å². The predicted octanol–water partition coefficient (Wildman–Crippen LogP) is -1.62. The van der Waals surface area contributed by atoms with Gasteiger partial charge in [0.05, 0.1) is 19.5 Å². The van der Waals surface area contributed by atoms with Crippen LogP contribution >= 0.6 is 6.72 Å². The third kappa shape index (κ3) is 4.93. The Labute approximate surface area is 233 Å². The van der Waals surface area contributed by atoms with Crippen molar-refractivity contribution in [2.24, 2.45) is 0 Å². The zero-order valence-electron chi connectivity index (χ0n) is 20.8. The van der Waals surface area contributed by atoms with E-state index in [-0.39, 0.29) is 28.3 Å². The van der Waals surface area contributed by atoms with E-state index in [0.717, 1.165) is 0 Å². The number of nitrogens with zero attached hydrogens (tertiary/aromatic N) is 7. The van der Waals surface area contributed by atoms with Crippen molar-refractivity contribution < 1.29 is 43.1 Å². The lowest BCUT2D eigenvalue weighted by Crippen LogP contribution is -2.36. The molecule has 4 aromatic rings. The Balaban J connectivity index is 1.18. The van der Waals surface area contributed by atoms with Crippen molar-refractivity contribution in [1.29, 1.82) is 0 Å². The molecule has 0 radical (unpaired) electrons. The molecule has 6 N–H and O–H groups in total. The number of ether oxygens (including phenoxy) is 2. The topological polar surface area (TPSA) is 227 Å². The Bertz CT molecular complexity index is 1690. The summed E-state index contributed by atoms with van der Waals surface area (Å²) in [5.74, 6) is 0.215. The van der Waals surface area contributed by atoms with Crippen molar-refractivity contribution in [3.05, 3.63) is 47.7 Å². The van der Waals surface area contributed by atoms with E-state index in [1.807, 2.05) is 0 Å². The van der Waals surface area contributed by atoms with Gasteiger partial charge in [-0.05, 0) is 11.8 Å². The summed E-state index contributed by atoms with van der Waals surface area (Å²) in [4.78, 5) is 39.1. The number of imidazole rings is 2. The van der Waals surface area contributed by atoms with Crippen LogP contribution < -0.4 is 11.3 Å². The zero-order valence-corrected chi connectivity index (χ0v) is 22.5. The Kier molecular flexibility index (Phi) is 7.35. The molecule has 17 nitrogen and oxygen atoms in total. The molecule has 0 saturated carbocycles. The van der Waals surface area contributed by atoms with E-state index in [9.17, 15) is 25.0 Å². The average molecular weight is 615 g/mol. The predicted molar refractivity (Wildman–Crippen MR) is 138 cm³/mol. The molecule has 0 aliphatic carbocycles. The highest BCUT2D eigenvalue weighted by Crippen LogP contribution is 2.50. The zero-order chi connectivity index (χ0) is 29.1. The highest BCUT2D eigenvalue weighted by atomic mass is 32.5. The van der Waals surface area contributed by atoms with Gasteiger partial charge in [-0.1, -0.05) is 0 Å². The molecule has 2 fully saturated rings. The van der Waals surface area contributed by atoms with E-state index in [1.54, 1.807) is 0 Å². The summed E-state index contributed by atoms with van der Waals surface area (Å²) in [7, 11) is 0. The molecule has 9 atom stereocenters. The van der Waals surface area contributed by atoms with E-state index < -0.39 is 69.1 Å². The number of aliphatic hydroxyl groups is 3. The van der Waals surface area contributed by atoms with Gasteiger partial charge >= 0.3 is 6.72 Å². The summed E-state index contributed by atoms with van der Waals surface area (Å²) in [6.07, 6.45) is -4.89. The fourth-order valence-electron chi connectivity index (χ4n) is 4.83. The third-order valence-electron chi connectivity index (χ3n) is 6.85. The van der Waals surface area contributed by atoms with Crippen molar-refractivity contribution >= 4 is 41.3 Å². The van der Waals surface area contributed by atoms with Gasteiger partial charge in [0.1, 0.15) is 42.4 Å². The average Bonchev–Trinajstić information content (AvgIpc) is 3.72. The normalized spacial score (nSPS) is 31.7. The molecular weight excluding hydrogens is 590 g/mol. The number of halogens is 1. The first-order valence-electron chi connectivity index (χ1n) is 12.1. The van der Waals surface area contributed by atoms with Gasteiger partial charge in [-0.15, -0.1) is 0 Å². The third-order valence-corrected chi connectivity index (χ3v) is 8.41. The quantitative estimate of drug-likeness (QED) is 0.141. The molecule has 0 aromatic carbocycles. The number of nitrogens with two attached hydrogens (primary N) is 1. The van der Waals surface area contributed by atoms with E-state index in [1.165, 1.54) is 50.8 Å². The lowest BCUT2D eigenvalue weighted by atomic mass is 10.1. The SMILES string of the molecule is Nc1ncnc2c1ncn2[C@@H]1O[C@H](COP(O)(=S)O[C@@H]2[C@H](O)[C@@H](CO)O[C@H]2n2ccc(=O)n3ccnc23)[C@@H](O)[C@@H]1F. The van der Waals surface area contributed by atoms with Crippen molar-refractivity contribution in [1.82, 2.24) is 33.5 Å². The molecule has 0 bridgehead atoms. The molecule has 2 aliphatic heterocycles. The number of aromatic nitrogens is 7. The molecule has 220 valence electrons. The smallest absolute Gasteiger partial charge is 0.325 e. The number of nitrogen functional groups attached to an aromatic ring is 1. The first kappa shape index (κ1) is 28.2. The molecule has 6 heterocycles. The van der Waals surface area contributed by atoms with Gasteiger partial charge in [0.15, 0.2) is 30.1 Å². The van der Waals surface area contributed by atoms with Crippen LogP contribution in [-0.4, -0.2) is 104 Å². The number of anilines is 1. The van der Waals surface area contributed by atoms with Crippen molar-refractivity contribution in [2.45, 2.75) is 49.1 Å². The van der Waals surface area contributed by atoms with Crippen LogP contribution in [-0.2, 0) is 30.3 Å². The maximum Gasteiger partial charge on any atom is 0.325 e. The number of hydrogen-bond acceptors (Lipinski definition) is 14. The largest absolute Gasteiger partial charge is 0.394 e. The Morgan fingerprint density at radius 1 is 1.10 bits per heavy atom. The van der Waals surface area contributed by atoms with Crippen molar-refractivity contribution in [2.75, 3.05) is 18.9 Å². The molecule has 0 spiro atoms. The number of fused-ring (bicyclic) bond motifs is 2. The van der Waals surface area contributed by atoms with E-state index >= 15 is 4.39 Å². The Morgan fingerprint density at radius 2 is 1.88 bits per heavy atom. The molecule has 0 amide bonds. The summed E-state index contributed by atoms with van der Waals surface area (Å²) in [6, 6.07) is 1.23. The standard InChI is InChI=1S/C21H24FN8O9PS/c22-12-14(33)10(38-19(12)30-8-27-13-17(23)25-7-26-18(13)30)6-36-40(35,41)39-16-15(34)9(5-31)37-20(16)29-3-1-11(32)28-4-2-24-21(28)29/h1-4,7-10,12,14-16,19-20,31,33-34H,5-6H2,(H,35,41)(H2,23,25,26)/t9-,10-,12+,14-,15-,16-,19-,20-,40?/m1/s1. The lowest BCUT2D eigenvalue weighted by Gasteiger charge is -2.27. The maximum atomic E-state index is 15.1. The van der Waals surface area contributed by atoms with Crippen LogP contribution in [0.5, 0.6) is 0 Å². The second-order valence-electron chi connectivity index (χ2n) is 9.31. The lowest BCUT2D eigenvalue weighted by molar-refractivity contribution is -0.0557. The Hall–Kier alpha value is -2.97. The molecular formula is C21H24FN8O9PS. The van der Waals surface area contributed by atoms with Gasteiger partial charge < -0.3 is 39.9 Å². The van der Waals surface area contributed by atoms with Gasteiger partial charge in [-0.3, -0.25) is 22.9 Å². The number of aliphatic hydroxyl groups excluding tert-OH is 3. The number of alkyl halides is 1. The highest BCUT2D eigenvalue weighted by Gasteiger charge is 2.49. The van der Waals surface area contributed by atoms with Gasteiger partial charge in [0.25, 0.3) is 5.56 Å². The minimum Gasteiger partial charge on any atom is -0.394 e. The maximum absolute atomic E-state index is 15.1. The number of rotatable bonds is 8. The fourth-order valence-corrected chi connectivity index (χ4v) is 6.24. The van der Waals surface area contributed by atoms with E-state index in [4.69, 9.17) is 36.1 Å².